The number of benzene rings is 1. The summed E-state index contributed by atoms with van der Waals surface area (Å²) in [6.45, 7) is 2.66. The molecule has 5 heteroatoms. The molecule has 98 valence electrons. The van der Waals surface area contributed by atoms with Crippen molar-refractivity contribution in [2.75, 3.05) is 6.54 Å². The predicted octanol–water partition coefficient (Wildman–Crippen LogP) is 2.93. The highest BCUT2D eigenvalue weighted by molar-refractivity contribution is 9.10. The van der Waals surface area contributed by atoms with Crippen LogP contribution in [0.2, 0.25) is 0 Å². The van der Waals surface area contributed by atoms with E-state index in [0.29, 0.717) is 21.8 Å². The Morgan fingerprint density at radius 3 is 2.67 bits per heavy atom. The van der Waals surface area contributed by atoms with Crippen LogP contribution in [0.25, 0.3) is 0 Å². The monoisotopic (exact) mass is 329 g/mol. The molecule has 1 aromatic rings. The standard InChI is InChI=1S/C13H16BrNO2S/c1-9-2-5-13(12(14)6-9)18(16,17)15-8-10-3-4-11(15)7-10/h2,5-6,10-11H,3-4,7-8H2,1H3. The number of fused-ring (bicyclic) bond motifs is 2. The van der Waals surface area contributed by atoms with Gasteiger partial charge in [0.05, 0.1) is 4.90 Å². The van der Waals surface area contributed by atoms with E-state index in [1.54, 1.807) is 10.4 Å². The van der Waals surface area contributed by atoms with Crippen LogP contribution >= 0.6 is 15.9 Å². The van der Waals surface area contributed by atoms with Crippen molar-refractivity contribution in [2.45, 2.75) is 37.1 Å². The van der Waals surface area contributed by atoms with E-state index >= 15 is 0 Å². The van der Waals surface area contributed by atoms with Crippen LogP contribution in [0.4, 0.5) is 0 Å². The first kappa shape index (κ1) is 12.6. The first-order valence-electron chi connectivity index (χ1n) is 6.26. The Morgan fingerprint density at radius 1 is 1.33 bits per heavy atom. The van der Waals surface area contributed by atoms with Gasteiger partial charge < -0.3 is 0 Å². The van der Waals surface area contributed by atoms with Gasteiger partial charge in [0.25, 0.3) is 0 Å². The molecule has 1 aliphatic heterocycles. The van der Waals surface area contributed by atoms with Crippen LogP contribution in [-0.2, 0) is 10.0 Å². The van der Waals surface area contributed by atoms with E-state index in [4.69, 9.17) is 0 Å². The summed E-state index contributed by atoms with van der Waals surface area (Å²) in [5, 5.41) is 0. The van der Waals surface area contributed by atoms with Gasteiger partial charge in [-0.1, -0.05) is 6.07 Å². The molecule has 1 aliphatic carbocycles. The van der Waals surface area contributed by atoms with Crippen molar-refractivity contribution in [1.82, 2.24) is 4.31 Å². The number of nitrogens with zero attached hydrogens (tertiary/aromatic N) is 1. The minimum atomic E-state index is -3.33. The van der Waals surface area contributed by atoms with E-state index in [1.807, 2.05) is 19.1 Å². The van der Waals surface area contributed by atoms with E-state index in [2.05, 4.69) is 15.9 Å². The quantitative estimate of drug-likeness (QED) is 0.836. The third-order valence-electron chi connectivity index (χ3n) is 4.03. The van der Waals surface area contributed by atoms with Gasteiger partial charge >= 0.3 is 0 Å². The van der Waals surface area contributed by atoms with E-state index in [9.17, 15) is 8.42 Å². The molecule has 1 saturated carbocycles. The summed E-state index contributed by atoms with van der Waals surface area (Å²) in [4.78, 5) is 0.403. The summed E-state index contributed by atoms with van der Waals surface area (Å²) in [5.74, 6) is 0.578. The molecule has 2 unspecified atom stereocenters. The Balaban J connectivity index is 2.00. The van der Waals surface area contributed by atoms with Crippen molar-refractivity contribution in [1.29, 1.82) is 0 Å². The molecule has 2 bridgehead atoms. The Kier molecular flexibility index (Phi) is 3.03. The Morgan fingerprint density at radius 2 is 2.11 bits per heavy atom. The minimum absolute atomic E-state index is 0.230. The first-order chi connectivity index (χ1) is 8.48. The summed E-state index contributed by atoms with van der Waals surface area (Å²) >= 11 is 3.38. The molecule has 0 N–H and O–H groups in total. The fourth-order valence-corrected chi connectivity index (χ4v) is 6.01. The van der Waals surface area contributed by atoms with Crippen LogP contribution in [0.1, 0.15) is 24.8 Å². The SMILES string of the molecule is Cc1ccc(S(=O)(=O)N2CC3CCC2C3)c(Br)c1. The Bertz CT molecular complexity index is 585. The molecule has 0 amide bonds. The van der Waals surface area contributed by atoms with Gasteiger partial charge in [0.15, 0.2) is 0 Å². The summed E-state index contributed by atoms with van der Waals surface area (Å²) in [6.07, 6.45) is 3.25. The molecule has 0 aromatic heterocycles. The smallest absolute Gasteiger partial charge is 0.207 e. The number of piperidine rings is 1. The second-order valence-electron chi connectivity index (χ2n) is 5.34. The van der Waals surface area contributed by atoms with Crippen molar-refractivity contribution in [2.24, 2.45) is 5.92 Å². The second kappa shape index (κ2) is 4.32. The van der Waals surface area contributed by atoms with Gasteiger partial charge in [0, 0.05) is 17.1 Å². The average Bonchev–Trinajstić information content (AvgIpc) is 2.90. The van der Waals surface area contributed by atoms with Gasteiger partial charge in [-0.25, -0.2) is 8.42 Å². The number of aryl methyl sites for hydroxylation is 1. The first-order valence-corrected chi connectivity index (χ1v) is 8.50. The molecule has 3 nitrogen and oxygen atoms in total. The van der Waals surface area contributed by atoms with Crippen LogP contribution < -0.4 is 0 Å². The summed E-state index contributed by atoms with van der Waals surface area (Å²) < 4.78 is 27.7. The highest BCUT2D eigenvalue weighted by atomic mass is 79.9. The highest BCUT2D eigenvalue weighted by Gasteiger charge is 2.44. The summed E-state index contributed by atoms with van der Waals surface area (Å²) in [7, 11) is -3.33. The number of hydrogen-bond acceptors (Lipinski definition) is 2. The molecular formula is C13H16BrNO2S. The van der Waals surface area contributed by atoms with Crippen molar-refractivity contribution in [3.05, 3.63) is 28.2 Å². The number of halogens is 1. The molecular weight excluding hydrogens is 314 g/mol. The lowest BCUT2D eigenvalue weighted by Crippen LogP contribution is -2.37. The van der Waals surface area contributed by atoms with Crippen molar-refractivity contribution >= 4 is 26.0 Å². The topological polar surface area (TPSA) is 37.4 Å². The van der Waals surface area contributed by atoms with Crippen LogP contribution in [0.5, 0.6) is 0 Å². The minimum Gasteiger partial charge on any atom is -0.207 e. The van der Waals surface area contributed by atoms with Gasteiger partial charge in [0.2, 0.25) is 10.0 Å². The lowest BCUT2D eigenvalue weighted by atomic mass is 10.1. The van der Waals surface area contributed by atoms with Crippen molar-refractivity contribution in [3.63, 3.8) is 0 Å². The molecule has 3 rings (SSSR count). The zero-order chi connectivity index (χ0) is 12.9. The van der Waals surface area contributed by atoms with E-state index < -0.39 is 10.0 Å². The van der Waals surface area contributed by atoms with E-state index in [-0.39, 0.29) is 6.04 Å². The zero-order valence-electron chi connectivity index (χ0n) is 10.3. The van der Waals surface area contributed by atoms with Gasteiger partial charge in [0.1, 0.15) is 0 Å². The van der Waals surface area contributed by atoms with E-state index in [1.165, 1.54) is 6.42 Å². The van der Waals surface area contributed by atoms with Gasteiger partial charge in [-0.2, -0.15) is 4.31 Å². The van der Waals surface area contributed by atoms with Crippen molar-refractivity contribution in [3.8, 4) is 0 Å². The van der Waals surface area contributed by atoms with Crippen LogP contribution in [-0.4, -0.2) is 25.3 Å². The maximum Gasteiger partial charge on any atom is 0.244 e. The molecule has 0 spiro atoms. The second-order valence-corrected chi connectivity index (χ2v) is 8.05. The average molecular weight is 330 g/mol. The molecule has 18 heavy (non-hydrogen) atoms. The Hall–Kier alpha value is -0.390. The zero-order valence-corrected chi connectivity index (χ0v) is 12.7. The number of hydrogen-bond donors (Lipinski definition) is 0. The largest absolute Gasteiger partial charge is 0.244 e. The lowest BCUT2D eigenvalue weighted by molar-refractivity contribution is 0.333. The Labute approximate surface area is 116 Å². The highest BCUT2D eigenvalue weighted by Crippen LogP contribution is 2.41. The van der Waals surface area contributed by atoms with Gasteiger partial charge in [-0.3, -0.25) is 0 Å². The maximum atomic E-state index is 12.7. The predicted molar refractivity (Wildman–Crippen MR) is 73.9 cm³/mol. The molecule has 2 atom stereocenters. The van der Waals surface area contributed by atoms with Crippen molar-refractivity contribution < 1.29 is 8.42 Å². The fourth-order valence-electron chi connectivity index (χ4n) is 3.12. The van der Waals surface area contributed by atoms with Crippen LogP contribution in [0.3, 0.4) is 0 Å². The van der Waals surface area contributed by atoms with Crippen LogP contribution in [0, 0.1) is 12.8 Å². The van der Waals surface area contributed by atoms with E-state index in [0.717, 1.165) is 18.4 Å². The summed E-state index contributed by atoms with van der Waals surface area (Å²) in [6, 6.07) is 5.65. The molecule has 1 aromatic carbocycles. The van der Waals surface area contributed by atoms with Gasteiger partial charge in [-0.15, -0.1) is 0 Å². The molecule has 1 saturated heterocycles. The number of sulfonamides is 1. The fraction of sp³-hybridized carbons (Fsp3) is 0.538. The third kappa shape index (κ3) is 1.92. The summed E-state index contributed by atoms with van der Waals surface area (Å²) in [5.41, 5.74) is 1.06. The molecule has 0 radical (unpaired) electrons. The third-order valence-corrected chi connectivity index (χ3v) is 6.93. The lowest BCUT2D eigenvalue weighted by Gasteiger charge is -2.26. The molecule has 2 aliphatic rings. The normalized spacial score (nSPS) is 27.9. The van der Waals surface area contributed by atoms with Crippen LogP contribution in [0.15, 0.2) is 27.6 Å². The molecule has 1 heterocycles. The number of rotatable bonds is 2. The molecule has 2 fully saturated rings. The van der Waals surface area contributed by atoms with Gasteiger partial charge in [-0.05, 0) is 65.7 Å². The maximum absolute atomic E-state index is 12.7.